The predicted octanol–water partition coefficient (Wildman–Crippen LogP) is 0.778. The van der Waals surface area contributed by atoms with Gasteiger partial charge in [0.25, 0.3) is 0 Å². The quantitative estimate of drug-likeness (QED) is 0.670. The number of carbonyl (C=O) groups is 1. The number of hydrogen-bond donors (Lipinski definition) is 3. The van der Waals surface area contributed by atoms with Gasteiger partial charge in [0.2, 0.25) is 0 Å². The summed E-state index contributed by atoms with van der Waals surface area (Å²) in [5.74, 6) is -1.13. The lowest BCUT2D eigenvalue weighted by atomic mass is 9.55. The van der Waals surface area contributed by atoms with Gasteiger partial charge in [-0.25, -0.2) is 4.79 Å². The molecule has 1 fully saturated rings. The van der Waals surface area contributed by atoms with Crippen molar-refractivity contribution in [3.8, 4) is 0 Å². The maximum atomic E-state index is 11.4. The van der Waals surface area contributed by atoms with E-state index in [0.29, 0.717) is 6.42 Å². The number of carboxylic acids is 1. The molecule has 0 bridgehead atoms. The average Bonchev–Trinajstić information content (AvgIpc) is 2.22. The largest absolute Gasteiger partial charge is 0.479 e. The molecule has 0 spiro atoms. The Morgan fingerprint density at radius 2 is 1.71 bits per heavy atom. The lowest BCUT2D eigenvalue weighted by molar-refractivity contribution is -0.318. The van der Waals surface area contributed by atoms with E-state index in [1.54, 1.807) is 13.8 Å². The van der Waals surface area contributed by atoms with Gasteiger partial charge in [0.15, 0.2) is 5.60 Å². The van der Waals surface area contributed by atoms with E-state index in [2.05, 4.69) is 0 Å². The smallest absolute Gasteiger partial charge is 0.336 e. The number of hydrogen-bond acceptors (Lipinski definition) is 4. The third-order valence-corrected chi connectivity index (χ3v) is 4.93. The van der Waals surface area contributed by atoms with Gasteiger partial charge in [0, 0.05) is 5.41 Å². The van der Waals surface area contributed by atoms with E-state index in [0.717, 1.165) is 0 Å². The molecule has 0 aliphatic carbocycles. The molecule has 0 aromatic carbocycles. The third-order valence-electron chi connectivity index (χ3n) is 4.93. The van der Waals surface area contributed by atoms with Gasteiger partial charge in [-0.15, -0.1) is 0 Å². The zero-order valence-corrected chi connectivity index (χ0v) is 11.1. The normalized spacial score (nSPS) is 51.2. The Bertz CT molecular complexity index is 336. The van der Waals surface area contributed by atoms with Gasteiger partial charge in [-0.05, 0) is 27.2 Å². The minimum Gasteiger partial charge on any atom is -0.479 e. The van der Waals surface area contributed by atoms with Crippen LogP contribution in [0.5, 0.6) is 0 Å². The van der Waals surface area contributed by atoms with Crippen molar-refractivity contribution in [1.82, 2.24) is 0 Å². The topological polar surface area (TPSA) is 87.0 Å². The van der Waals surface area contributed by atoms with Crippen LogP contribution in [-0.2, 0) is 9.53 Å². The SMILES string of the molecule is CC[C@]1(C)C(C)(C(=O)O)OCC(C)(O)[C@]1(C)O. The molecule has 1 rings (SSSR count). The minimum absolute atomic E-state index is 0.210. The zero-order valence-electron chi connectivity index (χ0n) is 11.1. The number of aliphatic carboxylic acids is 1. The fourth-order valence-electron chi connectivity index (χ4n) is 2.62. The Balaban J connectivity index is 3.41. The molecule has 0 saturated carbocycles. The molecule has 5 heteroatoms. The fraction of sp³-hybridized carbons (Fsp3) is 0.917. The molecule has 4 atom stereocenters. The number of ether oxygens (including phenoxy) is 1. The maximum absolute atomic E-state index is 11.4. The van der Waals surface area contributed by atoms with E-state index in [-0.39, 0.29) is 6.61 Å². The molecule has 1 aliphatic rings. The fourth-order valence-corrected chi connectivity index (χ4v) is 2.62. The van der Waals surface area contributed by atoms with E-state index in [9.17, 15) is 20.1 Å². The average molecular weight is 246 g/mol. The van der Waals surface area contributed by atoms with E-state index in [4.69, 9.17) is 4.74 Å². The van der Waals surface area contributed by atoms with Crippen LogP contribution in [0.1, 0.15) is 41.0 Å². The highest BCUT2D eigenvalue weighted by Crippen LogP contribution is 2.54. The van der Waals surface area contributed by atoms with E-state index in [1.165, 1.54) is 20.8 Å². The van der Waals surface area contributed by atoms with Crippen molar-refractivity contribution in [3.63, 3.8) is 0 Å². The van der Waals surface area contributed by atoms with Crippen LogP contribution in [0.15, 0.2) is 0 Å². The van der Waals surface area contributed by atoms with Crippen molar-refractivity contribution in [3.05, 3.63) is 0 Å². The molecule has 0 amide bonds. The summed E-state index contributed by atoms with van der Waals surface area (Å²) in [6.45, 7) is 7.58. The van der Waals surface area contributed by atoms with Crippen molar-refractivity contribution in [2.45, 2.75) is 57.8 Å². The van der Waals surface area contributed by atoms with Gasteiger partial charge in [0.1, 0.15) is 11.2 Å². The zero-order chi connectivity index (χ0) is 13.7. The Labute approximate surface area is 101 Å². The summed E-state index contributed by atoms with van der Waals surface area (Å²) in [5, 5.41) is 30.2. The molecule has 1 heterocycles. The van der Waals surface area contributed by atoms with E-state index >= 15 is 0 Å². The van der Waals surface area contributed by atoms with Crippen molar-refractivity contribution >= 4 is 5.97 Å². The first kappa shape index (κ1) is 14.4. The summed E-state index contributed by atoms with van der Waals surface area (Å²) >= 11 is 0. The summed E-state index contributed by atoms with van der Waals surface area (Å²) < 4.78 is 5.37. The van der Waals surface area contributed by atoms with Crippen LogP contribution in [0, 0.1) is 5.41 Å². The highest BCUT2D eigenvalue weighted by Gasteiger charge is 2.68. The van der Waals surface area contributed by atoms with E-state index < -0.39 is 28.2 Å². The van der Waals surface area contributed by atoms with Crippen molar-refractivity contribution in [2.75, 3.05) is 6.61 Å². The lowest BCUT2D eigenvalue weighted by Crippen LogP contribution is -2.75. The van der Waals surface area contributed by atoms with Crippen molar-refractivity contribution in [1.29, 1.82) is 0 Å². The van der Waals surface area contributed by atoms with Crippen LogP contribution in [0.25, 0.3) is 0 Å². The van der Waals surface area contributed by atoms with Crippen LogP contribution in [-0.4, -0.2) is 44.7 Å². The van der Waals surface area contributed by atoms with Gasteiger partial charge in [-0.2, -0.15) is 0 Å². The number of aliphatic hydroxyl groups is 2. The molecule has 0 radical (unpaired) electrons. The van der Waals surface area contributed by atoms with Gasteiger partial charge in [-0.3, -0.25) is 0 Å². The summed E-state index contributed by atoms with van der Waals surface area (Å²) in [4.78, 5) is 11.4. The molecule has 100 valence electrons. The molecule has 17 heavy (non-hydrogen) atoms. The summed E-state index contributed by atoms with van der Waals surface area (Å²) in [7, 11) is 0. The monoisotopic (exact) mass is 246 g/mol. The second-order valence-corrected chi connectivity index (χ2v) is 5.66. The predicted molar refractivity (Wildman–Crippen MR) is 61.6 cm³/mol. The number of carboxylic acid groups (broad SMARTS) is 1. The summed E-state index contributed by atoms with van der Waals surface area (Å²) in [6, 6.07) is 0. The van der Waals surface area contributed by atoms with Crippen LogP contribution in [0.2, 0.25) is 0 Å². The molecule has 0 aromatic rings. The van der Waals surface area contributed by atoms with Crippen molar-refractivity contribution < 1.29 is 24.9 Å². The van der Waals surface area contributed by atoms with Crippen LogP contribution in [0.4, 0.5) is 0 Å². The Morgan fingerprint density at radius 3 is 2.06 bits per heavy atom. The Hall–Kier alpha value is -0.650. The van der Waals surface area contributed by atoms with Crippen LogP contribution in [0.3, 0.4) is 0 Å². The number of rotatable bonds is 2. The molecule has 5 nitrogen and oxygen atoms in total. The van der Waals surface area contributed by atoms with Gasteiger partial charge in [-0.1, -0.05) is 13.8 Å². The standard InChI is InChI=1S/C12H22O5/c1-6-9(2)11(4,8(13)14)17-7-10(3,15)12(9,5)16/h15-16H,6-7H2,1-5H3,(H,13,14)/t9-,10?,11?,12-/m1/s1. The molecule has 1 aliphatic heterocycles. The molecular weight excluding hydrogens is 224 g/mol. The van der Waals surface area contributed by atoms with Gasteiger partial charge < -0.3 is 20.1 Å². The molecule has 1 saturated heterocycles. The second kappa shape index (κ2) is 3.67. The van der Waals surface area contributed by atoms with Gasteiger partial charge >= 0.3 is 5.97 Å². The lowest BCUT2D eigenvalue weighted by Gasteiger charge is -2.60. The van der Waals surface area contributed by atoms with Crippen LogP contribution >= 0.6 is 0 Å². The maximum Gasteiger partial charge on any atom is 0.336 e. The highest BCUT2D eigenvalue weighted by atomic mass is 16.5. The summed E-state index contributed by atoms with van der Waals surface area (Å²) in [5.41, 5.74) is -5.64. The molecular formula is C12H22O5. The molecule has 3 N–H and O–H groups in total. The highest BCUT2D eigenvalue weighted by molar-refractivity contribution is 5.79. The second-order valence-electron chi connectivity index (χ2n) is 5.66. The van der Waals surface area contributed by atoms with Gasteiger partial charge in [0.05, 0.1) is 6.61 Å². The molecule has 0 aromatic heterocycles. The first-order valence-corrected chi connectivity index (χ1v) is 5.78. The third kappa shape index (κ3) is 1.53. The first-order chi connectivity index (χ1) is 7.46. The van der Waals surface area contributed by atoms with E-state index in [1.807, 2.05) is 0 Å². The Kier molecular flexibility index (Phi) is 3.11. The first-order valence-electron chi connectivity index (χ1n) is 5.78. The summed E-state index contributed by atoms with van der Waals surface area (Å²) in [6.07, 6.45) is 0.374. The van der Waals surface area contributed by atoms with Crippen LogP contribution < -0.4 is 0 Å². The Morgan fingerprint density at radius 1 is 1.24 bits per heavy atom. The van der Waals surface area contributed by atoms with Crippen molar-refractivity contribution in [2.24, 2.45) is 5.41 Å². The minimum atomic E-state index is -1.56. The molecule has 2 unspecified atom stereocenters.